The van der Waals surface area contributed by atoms with E-state index in [1.807, 2.05) is 48.5 Å². The Morgan fingerprint density at radius 3 is 2.50 bits per heavy atom. The fourth-order valence-electron chi connectivity index (χ4n) is 4.77. The Morgan fingerprint density at radius 1 is 1.00 bits per heavy atom. The second-order valence-electron chi connectivity index (χ2n) is 8.02. The van der Waals surface area contributed by atoms with E-state index in [1.165, 1.54) is 0 Å². The first-order valence-electron chi connectivity index (χ1n) is 10.7. The average molecular weight is 440 g/mol. The van der Waals surface area contributed by atoms with Crippen molar-refractivity contribution in [3.63, 3.8) is 0 Å². The number of benzene rings is 3. The summed E-state index contributed by atoms with van der Waals surface area (Å²) < 4.78 is 2.21. The monoisotopic (exact) mass is 439 g/mol. The van der Waals surface area contributed by atoms with E-state index in [9.17, 15) is 10.1 Å². The Bertz CT molecular complexity index is 1340. The maximum atomic E-state index is 13.6. The quantitative estimate of drug-likeness (QED) is 0.383. The molecular formula is C27H22ClN3O. The largest absolute Gasteiger partial charge is 0.337 e. The molecule has 0 radical (unpaired) electrons. The minimum Gasteiger partial charge on any atom is -0.337 e. The predicted octanol–water partition coefficient (Wildman–Crippen LogP) is 5.69. The molecule has 0 bridgehead atoms. The molecule has 0 spiro atoms. The summed E-state index contributed by atoms with van der Waals surface area (Å²) in [5, 5.41) is 11.4. The molecule has 4 aromatic rings. The molecule has 5 rings (SSSR count). The van der Waals surface area contributed by atoms with Crippen molar-refractivity contribution in [3.05, 3.63) is 107 Å². The molecule has 2 heterocycles. The second-order valence-corrected chi connectivity index (χ2v) is 8.29. The predicted molar refractivity (Wildman–Crippen MR) is 127 cm³/mol. The molecule has 0 saturated heterocycles. The number of fused-ring (bicyclic) bond motifs is 3. The highest BCUT2D eigenvalue weighted by molar-refractivity contribution is 6.17. The van der Waals surface area contributed by atoms with Crippen LogP contribution in [-0.4, -0.2) is 21.9 Å². The van der Waals surface area contributed by atoms with Gasteiger partial charge in [0.15, 0.2) is 6.04 Å². The number of para-hydroxylation sites is 1. The van der Waals surface area contributed by atoms with Gasteiger partial charge >= 0.3 is 0 Å². The van der Waals surface area contributed by atoms with Crippen LogP contribution in [0, 0.1) is 11.3 Å². The molecule has 158 valence electrons. The number of nitrogens with zero attached hydrogens (tertiary/aromatic N) is 3. The standard InChI is InChI=1S/C27H22ClN3O/c28-16-20-10-4-5-11-21(20)27(32)30-15-14-23-22-12-6-7-13-24(22)31(26(23)25(30)17-29)18-19-8-2-1-3-9-19/h1-13,25H,14-16,18H2. The molecule has 0 aliphatic carbocycles. The van der Waals surface area contributed by atoms with Gasteiger partial charge in [0.25, 0.3) is 5.91 Å². The topological polar surface area (TPSA) is 49.0 Å². The van der Waals surface area contributed by atoms with Crippen LogP contribution in [0.5, 0.6) is 0 Å². The van der Waals surface area contributed by atoms with Crippen LogP contribution in [0.15, 0.2) is 78.9 Å². The van der Waals surface area contributed by atoms with Gasteiger partial charge in [-0.25, -0.2) is 0 Å². The van der Waals surface area contributed by atoms with Crippen LogP contribution in [0.25, 0.3) is 10.9 Å². The van der Waals surface area contributed by atoms with E-state index in [0.29, 0.717) is 25.1 Å². The van der Waals surface area contributed by atoms with E-state index in [2.05, 4.69) is 34.9 Å². The Balaban J connectivity index is 1.64. The molecule has 0 N–H and O–H groups in total. The number of aromatic nitrogens is 1. The first-order chi connectivity index (χ1) is 15.7. The first kappa shape index (κ1) is 20.4. The number of amides is 1. The number of nitriles is 1. The SMILES string of the molecule is N#CC1c2c(c3ccccc3n2Cc2ccccc2)CCN1C(=O)c1ccccc1CCl. The van der Waals surface area contributed by atoms with Crippen molar-refractivity contribution in [1.29, 1.82) is 5.26 Å². The second kappa shape index (κ2) is 8.53. The lowest BCUT2D eigenvalue weighted by Gasteiger charge is -2.33. The summed E-state index contributed by atoms with van der Waals surface area (Å²) in [7, 11) is 0. The Labute approximate surface area is 192 Å². The van der Waals surface area contributed by atoms with Gasteiger partial charge in [-0.15, -0.1) is 11.6 Å². The lowest BCUT2D eigenvalue weighted by Crippen LogP contribution is -2.40. The van der Waals surface area contributed by atoms with Crippen LogP contribution in [-0.2, 0) is 18.8 Å². The molecule has 1 aliphatic rings. The molecule has 1 aliphatic heterocycles. The maximum Gasteiger partial charge on any atom is 0.255 e. The summed E-state index contributed by atoms with van der Waals surface area (Å²) in [6.45, 7) is 1.15. The Hall–Kier alpha value is -3.55. The van der Waals surface area contributed by atoms with Crippen molar-refractivity contribution in [3.8, 4) is 6.07 Å². The fraction of sp³-hybridized carbons (Fsp3) is 0.185. The van der Waals surface area contributed by atoms with E-state index >= 15 is 0 Å². The minimum absolute atomic E-state index is 0.144. The number of halogens is 1. The van der Waals surface area contributed by atoms with Crippen LogP contribution in [0.3, 0.4) is 0 Å². The highest BCUT2D eigenvalue weighted by Crippen LogP contribution is 2.38. The van der Waals surface area contributed by atoms with Crippen LogP contribution in [0.2, 0.25) is 0 Å². The third-order valence-corrected chi connectivity index (χ3v) is 6.54. The number of hydrogen-bond acceptors (Lipinski definition) is 2. The lowest BCUT2D eigenvalue weighted by atomic mass is 9.96. The Morgan fingerprint density at radius 2 is 1.72 bits per heavy atom. The smallest absolute Gasteiger partial charge is 0.255 e. The number of hydrogen-bond donors (Lipinski definition) is 0. The van der Waals surface area contributed by atoms with Gasteiger partial charge in [0.05, 0.1) is 11.8 Å². The summed E-state index contributed by atoms with van der Waals surface area (Å²) in [6.07, 6.45) is 0.713. The molecule has 0 fully saturated rings. The zero-order chi connectivity index (χ0) is 22.1. The molecule has 1 aromatic heterocycles. The van der Waals surface area contributed by atoms with Crippen molar-refractivity contribution < 1.29 is 4.79 Å². The van der Waals surface area contributed by atoms with Gasteiger partial charge in [-0.1, -0.05) is 66.7 Å². The van der Waals surface area contributed by atoms with Crippen LogP contribution >= 0.6 is 11.6 Å². The van der Waals surface area contributed by atoms with Crippen molar-refractivity contribution >= 4 is 28.4 Å². The molecule has 32 heavy (non-hydrogen) atoms. The summed E-state index contributed by atoms with van der Waals surface area (Å²) in [6, 6.07) is 27.6. The summed E-state index contributed by atoms with van der Waals surface area (Å²) in [5.41, 5.74) is 5.68. The molecule has 4 nitrogen and oxygen atoms in total. The molecule has 1 amide bonds. The average Bonchev–Trinajstić information content (AvgIpc) is 3.17. The van der Waals surface area contributed by atoms with E-state index in [0.717, 1.165) is 33.3 Å². The van der Waals surface area contributed by atoms with Gasteiger partial charge in [-0.3, -0.25) is 4.79 Å². The van der Waals surface area contributed by atoms with Gasteiger partial charge in [-0.05, 0) is 35.2 Å². The highest BCUT2D eigenvalue weighted by atomic mass is 35.5. The van der Waals surface area contributed by atoms with Gasteiger partial charge in [0, 0.05) is 35.4 Å². The van der Waals surface area contributed by atoms with Crippen molar-refractivity contribution in [2.75, 3.05) is 6.54 Å². The van der Waals surface area contributed by atoms with Gasteiger partial charge in [0.2, 0.25) is 0 Å². The molecule has 1 atom stereocenters. The van der Waals surface area contributed by atoms with Crippen LogP contribution in [0.1, 0.15) is 38.8 Å². The zero-order valence-corrected chi connectivity index (χ0v) is 18.3. The number of alkyl halides is 1. The van der Waals surface area contributed by atoms with Crippen molar-refractivity contribution in [2.24, 2.45) is 0 Å². The lowest BCUT2D eigenvalue weighted by molar-refractivity contribution is 0.0699. The number of rotatable bonds is 4. The molecular weight excluding hydrogens is 418 g/mol. The fourth-order valence-corrected chi connectivity index (χ4v) is 5.00. The summed E-state index contributed by atoms with van der Waals surface area (Å²) >= 11 is 6.10. The van der Waals surface area contributed by atoms with Crippen molar-refractivity contribution in [2.45, 2.75) is 24.9 Å². The molecule has 0 saturated carbocycles. The third kappa shape index (κ3) is 3.36. The molecule has 5 heteroatoms. The van der Waals surface area contributed by atoms with Crippen molar-refractivity contribution in [1.82, 2.24) is 9.47 Å². The third-order valence-electron chi connectivity index (χ3n) is 6.25. The van der Waals surface area contributed by atoms with E-state index < -0.39 is 6.04 Å². The van der Waals surface area contributed by atoms with Gasteiger partial charge in [-0.2, -0.15) is 5.26 Å². The molecule has 1 unspecified atom stereocenters. The summed E-state index contributed by atoms with van der Waals surface area (Å²) in [4.78, 5) is 15.3. The van der Waals surface area contributed by atoms with E-state index in [1.54, 1.807) is 11.0 Å². The first-order valence-corrected chi connectivity index (χ1v) is 11.2. The Kier molecular flexibility index (Phi) is 5.43. The maximum absolute atomic E-state index is 13.6. The highest BCUT2D eigenvalue weighted by Gasteiger charge is 2.36. The zero-order valence-electron chi connectivity index (χ0n) is 17.5. The van der Waals surface area contributed by atoms with E-state index in [4.69, 9.17) is 11.6 Å². The van der Waals surface area contributed by atoms with E-state index in [-0.39, 0.29) is 11.8 Å². The summed E-state index contributed by atoms with van der Waals surface area (Å²) in [5.74, 6) is 0.113. The van der Waals surface area contributed by atoms with Gasteiger partial charge in [0.1, 0.15) is 0 Å². The van der Waals surface area contributed by atoms with Crippen LogP contribution in [0.4, 0.5) is 0 Å². The minimum atomic E-state index is -0.661. The molecule has 3 aromatic carbocycles. The number of carbonyl (C=O) groups is 1. The normalized spacial score (nSPS) is 15.4. The van der Waals surface area contributed by atoms with Gasteiger partial charge < -0.3 is 9.47 Å². The number of carbonyl (C=O) groups excluding carboxylic acids is 1. The van der Waals surface area contributed by atoms with Crippen LogP contribution < -0.4 is 0 Å².